The van der Waals surface area contributed by atoms with Gasteiger partial charge in [0.1, 0.15) is 0 Å². The number of hydrogen-bond donors (Lipinski definition) is 1. The number of β-amino-alcohol motifs (C(OH)–C–C–N with tert-alkyl or cyclic N) is 1. The normalized spacial score (nSPS) is 22.9. The molecular formula is C11H17N3O2. The largest absolute Gasteiger partial charge is 0.391 e. The standard InChI is InChI=1S/C11H17N3O2/c1-7-10(5-12-13(7)3)8(2)14-6-9(15)4-11(14)16/h5,8-9,15H,4,6H2,1-3H3. The number of nitrogens with zero attached hydrogens (tertiary/aromatic N) is 3. The summed E-state index contributed by atoms with van der Waals surface area (Å²) in [5.41, 5.74) is 2.10. The molecule has 1 aliphatic heterocycles. The maximum absolute atomic E-state index is 11.7. The maximum atomic E-state index is 11.7. The summed E-state index contributed by atoms with van der Waals surface area (Å²) in [5, 5.41) is 13.6. The first kappa shape index (κ1) is 11.1. The van der Waals surface area contributed by atoms with Crippen LogP contribution in [-0.4, -0.2) is 38.3 Å². The van der Waals surface area contributed by atoms with Crippen molar-refractivity contribution in [2.45, 2.75) is 32.4 Å². The fourth-order valence-corrected chi connectivity index (χ4v) is 2.18. The highest BCUT2D eigenvalue weighted by Gasteiger charge is 2.32. The molecule has 2 unspecified atom stereocenters. The lowest BCUT2D eigenvalue weighted by atomic mass is 10.1. The molecule has 1 saturated heterocycles. The van der Waals surface area contributed by atoms with Crippen LogP contribution in [0.2, 0.25) is 0 Å². The number of rotatable bonds is 2. The van der Waals surface area contributed by atoms with Crippen molar-refractivity contribution < 1.29 is 9.90 Å². The van der Waals surface area contributed by atoms with Gasteiger partial charge in [-0.1, -0.05) is 0 Å². The number of aryl methyl sites for hydroxylation is 1. The lowest BCUT2D eigenvalue weighted by Gasteiger charge is -2.24. The Bertz CT molecular complexity index is 413. The van der Waals surface area contributed by atoms with E-state index in [4.69, 9.17) is 0 Å². The molecule has 0 aromatic carbocycles. The first-order valence-corrected chi connectivity index (χ1v) is 5.46. The van der Waals surface area contributed by atoms with Crippen molar-refractivity contribution >= 4 is 5.91 Å². The zero-order valence-corrected chi connectivity index (χ0v) is 9.84. The molecule has 5 heteroatoms. The Morgan fingerprint density at radius 3 is 2.75 bits per heavy atom. The van der Waals surface area contributed by atoms with Crippen LogP contribution < -0.4 is 0 Å². The quantitative estimate of drug-likeness (QED) is 0.788. The second-order valence-electron chi connectivity index (χ2n) is 4.39. The summed E-state index contributed by atoms with van der Waals surface area (Å²) in [5.74, 6) is 0.0169. The third kappa shape index (κ3) is 1.71. The van der Waals surface area contributed by atoms with E-state index in [9.17, 15) is 9.90 Å². The Morgan fingerprint density at radius 1 is 1.62 bits per heavy atom. The molecule has 1 aromatic heterocycles. The van der Waals surface area contributed by atoms with Gasteiger partial charge in [-0.05, 0) is 13.8 Å². The Hall–Kier alpha value is -1.36. The summed E-state index contributed by atoms with van der Waals surface area (Å²) in [7, 11) is 1.88. The van der Waals surface area contributed by atoms with E-state index in [1.165, 1.54) is 0 Å². The van der Waals surface area contributed by atoms with Crippen molar-refractivity contribution in [3.63, 3.8) is 0 Å². The molecular weight excluding hydrogens is 206 g/mol. The molecule has 1 aliphatic rings. The minimum Gasteiger partial charge on any atom is -0.391 e. The number of hydrogen-bond acceptors (Lipinski definition) is 3. The number of carbonyl (C=O) groups excluding carboxylic acids is 1. The monoisotopic (exact) mass is 223 g/mol. The number of aromatic nitrogens is 2. The summed E-state index contributed by atoms with van der Waals surface area (Å²) in [6, 6.07) is -0.0154. The molecule has 1 aromatic rings. The minimum atomic E-state index is -0.521. The van der Waals surface area contributed by atoms with Crippen molar-refractivity contribution in [2.75, 3.05) is 6.54 Å². The average molecular weight is 223 g/mol. The Kier molecular flexibility index (Phi) is 2.71. The van der Waals surface area contributed by atoms with Gasteiger partial charge >= 0.3 is 0 Å². The van der Waals surface area contributed by atoms with Crippen LogP contribution in [0.15, 0.2) is 6.20 Å². The van der Waals surface area contributed by atoms with Gasteiger partial charge in [0.15, 0.2) is 0 Å². The molecule has 0 radical (unpaired) electrons. The predicted molar refractivity (Wildman–Crippen MR) is 58.7 cm³/mol. The third-order valence-electron chi connectivity index (χ3n) is 3.33. The Morgan fingerprint density at radius 2 is 2.31 bits per heavy atom. The summed E-state index contributed by atoms with van der Waals surface area (Å²) in [6.07, 6.45) is 1.51. The summed E-state index contributed by atoms with van der Waals surface area (Å²) >= 11 is 0. The molecule has 88 valence electrons. The number of carbonyl (C=O) groups is 1. The molecule has 2 heterocycles. The van der Waals surface area contributed by atoms with Crippen LogP contribution in [0, 0.1) is 6.92 Å². The predicted octanol–water partition coefficient (Wildman–Crippen LogP) is 0.383. The van der Waals surface area contributed by atoms with Crippen LogP contribution in [-0.2, 0) is 11.8 Å². The highest BCUT2D eigenvalue weighted by molar-refractivity contribution is 5.79. The summed E-state index contributed by atoms with van der Waals surface area (Å²) in [6.45, 7) is 4.38. The van der Waals surface area contributed by atoms with Crippen LogP contribution in [0.5, 0.6) is 0 Å². The number of likely N-dealkylation sites (tertiary alicyclic amines) is 1. The van der Waals surface area contributed by atoms with Gasteiger partial charge in [0.05, 0.1) is 24.8 Å². The number of aliphatic hydroxyl groups excluding tert-OH is 1. The zero-order valence-electron chi connectivity index (χ0n) is 9.84. The lowest BCUT2D eigenvalue weighted by Crippen LogP contribution is -2.29. The van der Waals surface area contributed by atoms with E-state index in [2.05, 4.69) is 5.10 Å². The fraction of sp³-hybridized carbons (Fsp3) is 0.636. The van der Waals surface area contributed by atoms with Gasteiger partial charge in [-0.15, -0.1) is 0 Å². The Balaban J connectivity index is 2.22. The minimum absolute atomic E-state index is 0.0154. The van der Waals surface area contributed by atoms with E-state index in [0.717, 1.165) is 11.3 Å². The van der Waals surface area contributed by atoms with Crippen molar-refractivity contribution in [1.82, 2.24) is 14.7 Å². The second-order valence-corrected chi connectivity index (χ2v) is 4.39. The zero-order chi connectivity index (χ0) is 11.9. The first-order valence-electron chi connectivity index (χ1n) is 5.46. The van der Waals surface area contributed by atoms with E-state index >= 15 is 0 Å². The van der Waals surface area contributed by atoms with Gasteiger partial charge in [-0.25, -0.2) is 0 Å². The third-order valence-corrected chi connectivity index (χ3v) is 3.33. The van der Waals surface area contributed by atoms with E-state index < -0.39 is 6.10 Å². The van der Waals surface area contributed by atoms with Gasteiger partial charge in [0, 0.05) is 24.8 Å². The molecule has 0 bridgehead atoms. The van der Waals surface area contributed by atoms with E-state index in [-0.39, 0.29) is 18.4 Å². The summed E-state index contributed by atoms with van der Waals surface area (Å²) in [4.78, 5) is 13.4. The molecule has 0 spiro atoms. The maximum Gasteiger partial charge on any atom is 0.225 e. The number of amides is 1. The molecule has 16 heavy (non-hydrogen) atoms. The van der Waals surface area contributed by atoms with Crippen molar-refractivity contribution in [1.29, 1.82) is 0 Å². The number of aliphatic hydroxyl groups is 1. The van der Waals surface area contributed by atoms with Gasteiger partial charge < -0.3 is 10.0 Å². The lowest BCUT2D eigenvalue weighted by molar-refractivity contribution is -0.129. The topological polar surface area (TPSA) is 58.4 Å². The van der Waals surface area contributed by atoms with E-state index in [1.54, 1.807) is 15.8 Å². The molecule has 1 amide bonds. The summed E-state index contributed by atoms with van der Waals surface area (Å²) < 4.78 is 1.79. The van der Waals surface area contributed by atoms with Crippen LogP contribution in [0.1, 0.15) is 30.6 Å². The average Bonchev–Trinajstić information content (AvgIpc) is 2.71. The van der Waals surface area contributed by atoms with E-state index in [1.807, 2.05) is 20.9 Å². The second kappa shape index (κ2) is 3.90. The van der Waals surface area contributed by atoms with Crippen LogP contribution in [0.4, 0.5) is 0 Å². The van der Waals surface area contributed by atoms with Gasteiger partial charge in [0.25, 0.3) is 0 Å². The molecule has 0 aliphatic carbocycles. The van der Waals surface area contributed by atoms with Crippen molar-refractivity contribution in [3.8, 4) is 0 Å². The SMILES string of the molecule is Cc1c(C(C)N2CC(O)CC2=O)cnn1C. The molecule has 5 nitrogen and oxygen atoms in total. The molecule has 2 atom stereocenters. The van der Waals surface area contributed by atoms with Crippen LogP contribution >= 0.6 is 0 Å². The van der Waals surface area contributed by atoms with Gasteiger partial charge in [-0.3, -0.25) is 9.48 Å². The highest BCUT2D eigenvalue weighted by atomic mass is 16.3. The fourth-order valence-electron chi connectivity index (χ4n) is 2.18. The highest BCUT2D eigenvalue weighted by Crippen LogP contribution is 2.27. The van der Waals surface area contributed by atoms with Gasteiger partial charge in [0.2, 0.25) is 5.91 Å². The molecule has 1 N–H and O–H groups in total. The molecule has 0 saturated carbocycles. The Labute approximate surface area is 94.7 Å². The van der Waals surface area contributed by atoms with Crippen LogP contribution in [0.3, 0.4) is 0 Å². The van der Waals surface area contributed by atoms with Crippen LogP contribution in [0.25, 0.3) is 0 Å². The van der Waals surface area contributed by atoms with Crippen molar-refractivity contribution in [3.05, 3.63) is 17.5 Å². The van der Waals surface area contributed by atoms with E-state index in [0.29, 0.717) is 6.54 Å². The van der Waals surface area contributed by atoms with Gasteiger partial charge in [-0.2, -0.15) is 5.10 Å². The van der Waals surface area contributed by atoms with Crippen molar-refractivity contribution in [2.24, 2.45) is 7.05 Å². The smallest absolute Gasteiger partial charge is 0.225 e. The molecule has 1 fully saturated rings. The molecule has 2 rings (SSSR count). The first-order chi connectivity index (χ1) is 7.50.